The molecule has 0 bridgehead atoms. The molecule has 0 radical (unpaired) electrons. The number of aromatic nitrogens is 3. The SMILES string of the molecule is CC1(C)C(O)C[C@H]1Nc1nc(NCCc2cc3ccccc3[nH]2)ncc1C#N. The summed E-state index contributed by atoms with van der Waals surface area (Å²) in [4.78, 5) is 12.1. The number of para-hydroxylation sites is 1. The van der Waals surface area contributed by atoms with Gasteiger partial charge in [0, 0.05) is 35.6 Å². The molecule has 2 heterocycles. The van der Waals surface area contributed by atoms with Crippen LogP contribution in [-0.2, 0) is 6.42 Å². The average molecular weight is 376 g/mol. The first-order valence-electron chi connectivity index (χ1n) is 9.49. The van der Waals surface area contributed by atoms with E-state index in [9.17, 15) is 10.4 Å². The molecule has 2 aromatic heterocycles. The minimum atomic E-state index is -0.341. The van der Waals surface area contributed by atoms with E-state index in [-0.39, 0.29) is 17.6 Å². The predicted octanol–water partition coefficient (Wildman–Crippen LogP) is 3.06. The number of nitrogens with one attached hydrogen (secondary N) is 3. The maximum Gasteiger partial charge on any atom is 0.224 e. The Morgan fingerprint density at radius 1 is 1.36 bits per heavy atom. The molecule has 1 aliphatic rings. The van der Waals surface area contributed by atoms with Gasteiger partial charge >= 0.3 is 0 Å². The van der Waals surface area contributed by atoms with Gasteiger partial charge in [-0.15, -0.1) is 0 Å². The van der Waals surface area contributed by atoms with Gasteiger partial charge in [0.15, 0.2) is 0 Å². The Labute approximate surface area is 163 Å². The first-order chi connectivity index (χ1) is 13.5. The van der Waals surface area contributed by atoms with Crippen LogP contribution in [0, 0.1) is 16.7 Å². The van der Waals surface area contributed by atoms with E-state index in [4.69, 9.17) is 0 Å². The number of anilines is 2. The van der Waals surface area contributed by atoms with Crippen molar-refractivity contribution in [1.29, 1.82) is 5.26 Å². The molecule has 0 amide bonds. The van der Waals surface area contributed by atoms with Crippen molar-refractivity contribution >= 4 is 22.7 Å². The molecule has 1 unspecified atom stereocenters. The molecule has 1 fully saturated rings. The monoisotopic (exact) mass is 376 g/mol. The highest BCUT2D eigenvalue weighted by atomic mass is 16.3. The quantitative estimate of drug-likeness (QED) is 0.526. The van der Waals surface area contributed by atoms with Gasteiger partial charge in [0.25, 0.3) is 0 Å². The Kier molecular flexibility index (Phi) is 4.65. The van der Waals surface area contributed by atoms with Gasteiger partial charge in [-0.1, -0.05) is 32.0 Å². The molecule has 1 aliphatic carbocycles. The lowest BCUT2D eigenvalue weighted by Crippen LogP contribution is -2.57. The zero-order chi connectivity index (χ0) is 19.7. The van der Waals surface area contributed by atoms with Gasteiger partial charge in [0.2, 0.25) is 5.95 Å². The Morgan fingerprint density at radius 3 is 2.89 bits per heavy atom. The summed E-state index contributed by atoms with van der Waals surface area (Å²) in [6, 6.07) is 12.5. The maximum atomic E-state index is 9.93. The average Bonchev–Trinajstić information content (AvgIpc) is 3.11. The highest BCUT2D eigenvalue weighted by molar-refractivity contribution is 5.80. The van der Waals surface area contributed by atoms with Gasteiger partial charge in [0.05, 0.1) is 12.3 Å². The number of nitriles is 1. The summed E-state index contributed by atoms with van der Waals surface area (Å²) in [5, 5.41) is 27.0. The van der Waals surface area contributed by atoms with Crippen LogP contribution in [0.3, 0.4) is 0 Å². The van der Waals surface area contributed by atoms with Crippen LogP contribution >= 0.6 is 0 Å². The summed E-state index contributed by atoms with van der Waals surface area (Å²) >= 11 is 0. The molecule has 1 aromatic carbocycles. The number of aliphatic hydroxyl groups excluding tert-OH is 1. The van der Waals surface area contributed by atoms with Crippen LogP contribution in [0.4, 0.5) is 11.8 Å². The summed E-state index contributed by atoms with van der Waals surface area (Å²) in [7, 11) is 0. The molecule has 0 saturated heterocycles. The van der Waals surface area contributed by atoms with E-state index in [0.717, 1.165) is 17.6 Å². The topological polar surface area (TPSA) is 110 Å². The minimum absolute atomic E-state index is 0.0729. The molecule has 2 atom stereocenters. The normalized spacial score (nSPS) is 20.4. The number of rotatable bonds is 6. The Bertz CT molecular complexity index is 1000. The fourth-order valence-corrected chi connectivity index (χ4v) is 3.55. The van der Waals surface area contributed by atoms with Crippen molar-refractivity contribution in [3.05, 3.63) is 47.8 Å². The highest BCUT2D eigenvalue weighted by Crippen LogP contribution is 2.42. The molecular weight excluding hydrogens is 352 g/mol. The minimum Gasteiger partial charge on any atom is -0.392 e. The zero-order valence-corrected chi connectivity index (χ0v) is 16.0. The molecule has 0 aliphatic heterocycles. The second-order valence-corrected chi connectivity index (χ2v) is 7.90. The van der Waals surface area contributed by atoms with Gasteiger partial charge < -0.3 is 20.7 Å². The van der Waals surface area contributed by atoms with Crippen LogP contribution in [-0.4, -0.2) is 38.7 Å². The molecule has 0 spiro atoms. The van der Waals surface area contributed by atoms with Crippen molar-refractivity contribution in [3.63, 3.8) is 0 Å². The second kappa shape index (κ2) is 7.13. The number of hydrogen-bond donors (Lipinski definition) is 4. The van der Waals surface area contributed by atoms with E-state index in [1.54, 1.807) is 0 Å². The zero-order valence-electron chi connectivity index (χ0n) is 16.0. The first kappa shape index (κ1) is 18.3. The second-order valence-electron chi connectivity index (χ2n) is 7.90. The molecule has 3 aromatic rings. The smallest absolute Gasteiger partial charge is 0.224 e. The largest absolute Gasteiger partial charge is 0.392 e. The molecule has 7 heteroatoms. The van der Waals surface area contributed by atoms with E-state index >= 15 is 0 Å². The van der Waals surface area contributed by atoms with Gasteiger partial charge in [-0.2, -0.15) is 10.2 Å². The maximum absolute atomic E-state index is 9.93. The fraction of sp³-hybridized carbons (Fsp3) is 0.381. The number of fused-ring (bicyclic) bond motifs is 1. The third-order valence-corrected chi connectivity index (χ3v) is 5.70. The number of aromatic amines is 1. The number of benzene rings is 1. The van der Waals surface area contributed by atoms with Crippen LogP contribution in [0.1, 0.15) is 31.5 Å². The van der Waals surface area contributed by atoms with E-state index < -0.39 is 0 Å². The van der Waals surface area contributed by atoms with Crippen molar-refractivity contribution < 1.29 is 5.11 Å². The Hall–Kier alpha value is -3.11. The third-order valence-electron chi connectivity index (χ3n) is 5.70. The van der Waals surface area contributed by atoms with Crippen LogP contribution in [0.25, 0.3) is 10.9 Å². The molecular formula is C21H24N6O. The van der Waals surface area contributed by atoms with E-state index in [1.807, 2.05) is 26.0 Å². The van der Waals surface area contributed by atoms with Gasteiger partial charge in [-0.3, -0.25) is 0 Å². The van der Waals surface area contributed by atoms with Crippen molar-refractivity contribution in [2.24, 2.45) is 5.41 Å². The first-order valence-corrected chi connectivity index (χ1v) is 9.49. The Balaban J connectivity index is 1.41. The van der Waals surface area contributed by atoms with E-state index in [1.165, 1.54) is 11.6 Å². The molecule has 7 nitrogen and oxygen atoms in total. The van der Waals surface area contributed by atoms with Crippen LogP contribution in [0.5, 0.6) is 0 Å². The summed E-state index contributed by atoms with van der Waals surface area (Å²) in [5.74, 6) is 0.992. The highest BCUT2D eigenvalue weighted by Gasteiger charge is 2.47. The molecule has 4 rings (SSSR count). The van der Waals surface area contributed by atoms with Gasteiger partial charge in [0.1, 0.15) is 17.5 Å². The van der Waals surface area contributed by atoms with Crippen molar-refractivity contribution in [3.8, 4) is 6.07 Å². The lowest BCUT2D eigenvalue weighted by Gasteiger charge is -2.49. The van der Waals surface area contributed by atoms with Crippen LogP contribution in [0.15, 0.2) is 36.5 Å². The molecule has 4 N–H and O–H groups in total. The van der Waals surface area contributed by atoms with Crippen molar-refractivity contribution in [2.45, 2.75) is 38.8 Å². The lowest BCUT2D eigenvalue weighted by atomic mass is 9.64. The van der Waals surface area contributed by atoms with Gasteiger partial charge in [-0.05, 0) is 23.9 Å². The van der Waals surface area contributed by atoms with Crippen LogP contribution in [0.2, 0.25) is 0 Å². The van der Waals surface area contributed by atoms with E-state index in [2.05, 4.69) is 49.9 Å². The summed E-state index contributed by atoms with van der Waals surface area (Å²) in [5.41, 5.74) is 2.43. The number of nitrogens with zero attached hydrogens (tertiary/aromatic N) is 3. The number of H-pyrrole nitrogens is 1. The molecule has 28 heavy (non-hydrogen) atoms. The summed E-state index contributed by atoms with van der Waals surface area (Å²) < 4.78 is 0. The van der Waals surface area contributed by atoms with Gasteiger partial charge in [-0.25, -0.2) is 4.98 Å². The van der Waals surface area contributed by atoms with Crippen molar-refractivity contribution in [2.75, 3.05) is 17.2 Å². The predicted molar refractivity (Wildman–Crippen MR) is 109 cm³/mol. The number of aliphatic hydroxyl groups is 1. The third kappa shape index (κ3) is 3.39. The summed E-state index contributed by atoms with van der Waals surface area (Å²) in [6.07, 6.45) is 2.64. The molecule has 144 valence electrons. The lowest BCUT2D eigenvalue weighted by molar-refractivity contribution is -0.0511. The van der Waals surface area contributed by atoms with E-state index in [0.29, 0.717) is 30.3 Å². The fourth-order valence-electron chi connectivity index (χ4n) is 3.55. The standard InChI is InChI=1S/C21H24N6O/c1-21(2)17(10-18(21)28)26-19-14(11-22)12-24-20(27-19)23-8-7-15-9-13-5-3-4-6-16(13)25-15/h3-6,9,12,17-18,25,28H,7-8,10H2,1-2H3,(H2,23,24,26,27)/t17-,18?/m1/s1. The summed E-state index contributed by atoms with van der Waals surface area (Å²) in [6.45, 7) is 4.68. The Morgan fingerprint density at radius 2 is 2.18 bits per heavy atom. The molecule has 1 saturated carbocycles. The number of hydrogen-bond acceptors (Lipinski definition) is 6. The van der Waals surface area contributed by atoms with Crippen molar-refractivity contribution in [1.82, 2.24) is 15.0 Å². The van der Waals surface area contributed by atoms with Crippen LogP contribution < -0.4 is 10.6 Å².